The van der Waals surface area contributed by atoms with Crippen molar-refractivity contribution in [1.29, 1.82) is 0 Å². The van der Waals surface area contributed by atoms with E-state index >= 15 is 0 Å². The molecule has 0 amide bonds. The number of hydrogen-bond acceptors (Lipinski definition) is 6. The molecule has 14 rings (SSSR count). The molecule has 0 N–H and O–H groups in total. The molecule has 3 aromatic rings. The quantitative estimate of drug-likeness (QED) is 0.222. The molecule has 7 heteroatoms. The highest BCUT2D eigenvalue weighted by atomic mass is 15.2. The number of likely N-dealkylation sites (tertiary alicyclic amines) is 5. The van der Waals surface area contributed by atoms with Crippen molar-refractivity contribution in [2.24, 2.45) is 48.5 Å². The molecule has 446 valence electrons. The number of rotatable bonds is 0. The number of hydrogen-bond donors (Lipinski definition) is 0. The molecule has 5 aliphatic carbocycles. The Kier molecular flexibility index (Phi) is 23.7. The molecule has 6 aliphatic heterocycles. The lowest BCUT2D eigenvalue weighted by molar-refractivity contribution is 0.0447. The summed E-state index contributed by atoms with van der Waals surface area (Å²) in [6.45, 7) is 19.0. The molecule has 5 saturated carbocycles. The van der Waals surface area contributed by atoms with Gasteiger partial charge in [0.05, 0.1) is 0 Å². The van der Waals surface area contributed by atoms with E-state index in [1.165, 1.54) is 208 Å². The lowest BCUT2D eigenvalue weighted by Gasteiger charge is -2.45. The standard InChI is InChI=1S/3C11H21N.C10H19N.C10H13N.C10H11N.C9H17N/c1-9-7-10-5-3-4-6-11(10)8-12(9)2;1-9-11-6-4-3-5-10(11)7-8-12(9)2;1-9-7-8-10-5-3-4-6-11(10)12(9)2;3*1-8-7-9-5-3-4-6-10(9)11(8)2;1-7-6-8-4-3-5-9(8)10(7)2/h3*9-11H,3-8H2,1-2H3;8-10H,3-7H2,1-2H3;3-6,8H,7H2,1-2H3;3-7H,1-2H3;7-9H,3-6H2,1-2H3. The van der Waals surface area contributed by atoms with Gasteiger partial charge in [-0.25, -0.2) is 0 Å². The zero-order valence-corrected chi connectivity index (χ0v) is 53.9. The second kappa shape index (κ2) is 29.9. The van der Waals surface area contributed by atoms with Crippen LogP contribution in [0.3, 0.4) is 0 Å². The van der Waals surface area contributed by atoms with E-state index in [9.17, 15) is 0 Å². The van der Waals surface area contributed by atoms with Crippen LogP contribution in [0, 0.1) is 48.3 Å². The average Bonchev–Trinajstić information content (AvgIpc) is 4.30. The summed E-state index contributed by atoms with van der Waals surface area (Å²) in [6, 6.07) is 27.0. The maximum absolute atomic E-state index is 2.63. The Balaban J connectivity index is 0.000000121. The number of piperidine rings is 3. The van der Waals surface area contributed by atoms with E-state index in [1.54, 1.807) is 0 Å². The fraction of sp³-hybridized carbons (Fsp3) is 0.806. The van der Waals surface area contributed by atoms with E-state index in [0.29, 0.717) is 6.04 Å². The van der Waals surface area contributed by atoms with Gasteiger partial charge in [0.15, 0.2) is 0 Å². The van der Waals surface area contributed by atoms with Gasteiger partial charge >= 0.3 is 0 Å². The summed E-state index contributed by atoms with van der Waals surface area (Å²) in [5, 5.41) is 1.33. The SMILES string of the molecule is CC1C2CCCCC2CCN1C.CC1CC2CCCC2N1C.CC1CC2CCCCC2CN1C.CC1CC2CCCCC2N1C.CC1CCC2CCCCC2N1C.CC1Cc2ccccc2N1C.Cc1cc2ccccc2n1C. The number of benzene rings is 2. The third-order valence-corrected chi connectivity index (χ3v) is 24.1. The zero-order chi connectivity index (χ0) is 56.3. The van der Waals surface area contributed by atoms with Crippen LogP contribution in [-0.4, -0.2) is 139 Å². The zero-order valence-electron chi connectivity index (χ0n) is 53.9. The van der Waals surface area contributed by atoms with Gasteiger partial charge in [0.25, 0.3) is 0 Å². The van der Waals surface area contributed by atoms with Crippen LogP contribution in [0.5, 0.6) is 0 Å². The first-order valence-electron chi connectivity index (χ1n) is 33.9. The Bertz CT molecular complexity index is 2170. The Labute approximate surface area is 487 Å². The molecular weight excluding hydrogens is 963 g/mol. The Morgan fingerprint density at radius 2 is 0.911 bits per heavy atom. The van der Waals surface area contributed by atoms with Gasteiger partial charge in [0.1, 0.15) is 0 Å². The van der Waals surface area contributed by atoms with Crippen molar-refractivity contribution < 1.29 is 0 Å². The first kappa shape index (κ1) is 62.6. The largest absolute Gasteiger partial charge is 0.371 e. The van der Waals surface area contributed by atoms with Gasteiger partial charge in [-0.05, 0) is 257 Å². The summed E-state index contributed by atoms with van der Waals surface area (Å²) in [5.74, 6) is 7.36. The lowest BCUT2D eigenvalue weighted by atomic mass is 9.71. The molecule has 11 aliphatic rings. The van der Waals surface area contributed by atoms with Crippen LogP contribution in [0.25, 0.3) is 10.9 Å². The minimum atomic E-state index is 0.674. The second-order valence-electron chi connectivity index (χ2n) is 28.8. The van der Waals surface area contributed by atoms with E-state index < -0.39 is 0 Å². The third-order valence-electron chi connectivity index (χ3n) is 24.1. The summed E-state index contributed by atoms with van der Waals surface area (Å²) in [4.78, 5) is 15.3. The third kappa shape index (κ3) is 16.1. The molecule has 16 atom stereocenters. The molecule has 1 aromatic heterocycles. The van der Waals surface area contributed by atoms with E-state index in [1.807, 2.05) is 0 Å². The topological polar surface area (TPSA) is 24.4 Å². The number of fused-ring (bicyclic) bond motifs is 7. The van der Waals surface area contributed by atoms with Gasteiger partial charge < -0.3 is 34.0 Å². The van der Waals surface area contributed by atoms with Crippen molar-refractivity contribution >= 4 is 16.6 Å². The number of para-hydroxylation sites is 2. The van der Waals surface area contributed by atoms with Crippen LogP contribution >= 0.6 is 0 Å². The molecule has 0 bridgehead atoms. The normalized spacial score (nSPS) is 37.1. The Hall–Kier alpha value is -2.42. The number of nitrogens with zero attached hydrogens (tertiary/aromatic N) is 7. The molecular formula is C72H123N7. The van der Waals surface area contributed by atoms with Crippen LogP contribution in [0.4, 0.5) is 5.69 Å². The lowest BCUT2D eigenvalue weighted by Crippen LogP contribution is -2.48. The molecule has 16 unspecified atom stereocenters. The summed E-state index contributed by atoms with van der Waals surface area (Å²) in [7, 11) is 15.8. The van der Waals surface area contributed by atoms with Crippen LogP contribution in [-0.2, 0) is 13.5 Å². The molecule has 7 heterocycles. The van der Waals surface area contributed by atoms with Crippen LogP contribution in [0.2, 0.25) is 0 Å². The minimum absolute atomic E-state index is 0.674. The van der Waals surface area contributed by atoms with Gasteiger partial charge in [-0.15, -0.1) is 0 Å². The number of aromatic nitrogens is 1. The van der Waals surface area contributed by atoms with Gasteiger partial charge in [-0.1, -0.05) is 107 Å². The van der Waals surface area contributed by atoms with Gasteiger partial charge in [0, 0.05) is 91.9 Å². The predicted octanol–water partition coefficient (Wildman–Crippen LogP) is 16.4. The summed E-state index contributed by atoms with van der Waals surface area (Å²) in [5.41, 5.74) is 5.51. The van der Waals surface area contributed by atoms with Crippen molar-refractivity contribution in [3.8, 4) is 0 Å². The van der Waals surface area contributed by atoms with E-state index in [4.69, 9.17) is 0 Å². The molecule has 10 fully saturated rings. The molecule has 79 heavy (non-hydrogen) atoms. The predicted molar refractivity (Wildman–Crippen MR) is 343 cm³/mol. The number of likely N-dealkylation sites (N-methyl/N-ethyl adjacent to an activating group) is 1. The van der Waals surface area contributed by atoms with Crippen molar-refractivity contribution in [3.05, 3.63) is 65.9 Å². The molecule has 7 nitrogen and oxygen atoms in total. The van der Waals surface area contributed by atoms with E-state index in [0.717, 1.165) is 89.8 Å². The Morgan fingerprint density at radius 1 is 0.405 bits per heavy atom. The van der Waals surface area contributed by atoms with Gasteiger partial charge in [-0.3, -0.25) is 0 Å². The summed E-state index contributed by atoms with van der Waals surface area (Å²) in [6.07, 6.45) is 38.3. The van der Waals surface area contributed by atoms with E-state index in [-0.39, 0.29) is 0 Å². The molecule has 0 spiro atoms. The first-order valence-corrected chi connectivity index (χ1v) is 33.9. The molecule has 0 radical (unpaired) electrons. The van der Waals surface area contributed by atoms with E-state index in [2.05, 4.69) is 186 Å². The highest BCUT2D eigenvalue weighted by molar-refractivity contribution is 5.81. The van der Waals surface area contributed by atoms with Gasteiger partial charge in [0.2, 0.25) is 0 Å². The van der Waals surface area contributed by atoms with Crippen molar-refractivity contribution in [1.82, 2.24) is 29.1 Å². The maximum atomic E-state index is 2.63. The van der Waals surface area contributed by atoms with Crippen molar-refractivity contribution in [2.75, 3.05) is 60.3 Å². The summed E-state index contributed by atoms with van der Waals surface area (Å²) >= 11 is 0. The molecule has 5 saturated heterocycles. The minimum Gasteiger partial charge on any atom is -0.371 e. The fourth-order valence-corrected chi connectivity index (χ4v) is 18.0. The van der Waals surface area contributed by atoms with Crippen LogP contribution in [0.1, 0.15) is 213 Å². The first-order chi connectivity index (χ1) is 38.0. The number of aryl methyl sites for hydroxylation is 2. The Morgan fingerprint density at radius 3 is 1.56 bits per heavy atom. The van der Waals surface area contributed by atoms with Crippen molar-refractivity contribution in [2.45, 2.75) is 270 Å². The fourth-order valence-electron chi connectivity index (χ4n) is 18.0. The molecule has 2 aromatic carbocycles. The average molecular weight is 1090 g/mol. The number of anilines is 1. The van der Waals surface area contributed by atoms with Crippen LogP contribution in [0.15, 0.2) is 54.6 Å². The highest BCUT2D eigenvalue weighted by Crippen LogP contribution is 2.42. The van der Waals surface area contributed by atoms with Crippen LogP contribution < -0.4 is 4.90 Å². The summed E-state index contributed by atoms with van der Waals surface area (Å²) < 4.78 is 2.20. The highest BCUT2D eigenvalue weighted by Gasteiger charge is 2.40. The van der Waals surface area contributed by atoms with Crippen molar-refractivity contribution in [3.63, 3.8) is 0 Å². The second-order valence-corrected chi connectivity index (χ2v) is 28.8. The maximum Gasteiger partial charge on any atom is 0.0479 e. The smallest absolute Gasteiger partial charge is 0.0479 e. The monoisotopic (exact) mass is 1090 g/mol. The van der Waals surface area contributed by atoms with Gasteiger partial charge in [-0.2, -0.15) is 0 Å².